The van der Waals surface area contributed by atoms with Crippen molar-refractivity contribution in [2.75, 3.05) is 26.2 Å². The Kier molecular flexibility index (Phi) is 5.11. The number of hydrogen-bond acceptors (Lipinski definition) is 5. The molecule has 1 amide bonds. The van der Waals surface area contributed by atoms with Crippen LogP contribution < -0.4 is 0 Å². The highest BCUT2D eigenvalue weighted by atomic mass is 32.2. The third-order valence-electron chi connectivity index (χ3n) is 5.58. The van der Waals surface area contributed by atoms with Gasteiger partial charge in [-0.25, -0.2) is 13.4 Å². The lowest BCUT2D eigenvalue weighted by molar-refractivity contribution is 0.0697. The Morgan fingerprint density at radius 2 is 1.73 bits per heavy atom. The third-order valence-corrected chi connectivity index (χ3v) is 7.64. The molecule has 0 bridgehead atoms. The van der Waals surface area contributed by atoms with Crippen molar-refractivity contribution in [1.29, 1.82) is 0 Å². The van der Waals surface area contributed by atoms with E-state index in [1.165, 1.54) is 4.31 Å². The molecule has 1 aromatic carbocycles. The molecule has 1 fully saturated rings. The molecule has 0 N–H and O–H groups in total. The number of piperazine rings is 1. The lowest BCUT2D eigenvalue weighted by Gasteiger charge is -2.34. The number of fused-ring (bicyclic) bond motifs is 1. The first-order chi connectivity index (χ1) is 14.2. The Morgan fingerprint density at radius 3 is 2.40 bits per heavy atom. The van der Waals surface area contributed by atoms with Crippen molar-refractivity contribution >= 4 is 27.0 Å². The van der Waals surface area contributed by atoms with E-state index in [1.54, 1.807) is 21.8 Å². The summed E-state index contributed by atoms with van der Waals surface area (Å²) in [6.45, 7) is 6.84. The van der Waals surface area contributed by atoms with E-state index in [0.29, 0.717) is 23.5 Å². The first-order valence-corrected chi connectivity index (χ1v) is 11.3. The zero-order valence-electron chi connectivity index (χ0n) is 17.6. The molecule has 1 aliphatic heterocycles. The van der Waals surface area contributed by atoms with Gasteiger partial charge in [-0.2, -0.15) is 9.40 Å². The van der Waals surface area contributed by atoms with E-state index in [2.05, 4.69) is 10.1 Å². The molecular weight excluding hydrogens is 402 g/mol. The van der Waals surface area contributed by atoms with Crippen molar-refractivity contribution in [3.63, 3.8) is 0 Å². The molecular formula is C21H25N5O3S. The van der Waals surface area contributed by atoms with E-state index in [-0.39, 0.29) is 19.0 Å². The highest BCUT2D eigenvalue weighted by Crippen LogP contribution is 2.23. The standard InChI is InChI=1S/C21H25N5O3S/c1-14-5-6-19(15(2)11-14)30(28,29)26-9-7-25(8-10-26)21(27)17-12-18-16(3)23-24(4)20(18)22-13-17/h5-6,11-13H,7-10H2,1-4H3. The SMILES string of the molecule is Cc1ccc(S(=O)(=O)N2CCN(C(=O)c3cnc4c(c3)c(C)nn4C)CC2)c(C)c1. The molecule has 2 aromatic heterocycles. The lowest BCUT2D eigenvalue weighted by Crippen LogP contribution is -2.50. The molecule has 158 valence electrons. The van der Waals surface area contributed by atoms with E-state index < -0.39 is 10.0 Å². The minimum atomic E-state index is -3.58. The van der Waals surface area contributed by atoms with E-state index in [1.807, 2.05) is 46.0 Å². The summed E-state index contributed by atoms with van der Waals surface area (Å²) in [7, 11) is -1.76. The molecule has 0 saturated carbocycles. The minimum absolute atomic E-state index is 0.142. The number of amides is 1. The zero-order valence-corrected chi connectivity index (χ0v) is 18.4. The Morgan fingerprint density at radius 1 is 1.03 bits per heavy atom. The van der Waals surface area contributed by atoms with Crippen LogP contribution >= 0.6 is 0 Å². The lowest BCUT2D eigenvalue weighted by atomic mass is 10.2. The van der Waals surface area contributed by atoms with Gasteiger partial charge in [0.05, 0.1) is 16.2 Å². The molecule has 0 spiro atoms. The Labute approximate surface area is 176 Å². The van der Waals surface area contributed by atoms with Gasteiger partial charge in [0.2, 0.25) is 10.0 Å². The van der Waals surface area contributed by atoms with Gasteiger partial charge < -0.3 is 4.90 Å². The van der Waals surface area contributed by atoms with Gasteiger partial charge in [0.25, 0.3) is 5.91 Å². The summed E-state index contributed by atoms with van der Waals surface area (Å²) in [6.07, 6.45) is 1.56. The van der Waals surface area contributed by atoms with Crippen LogP contribution in [0, 0.1) is 20.8 Å². The second kappa shape index (κ2) is 7.48. The number of carbonyl (C=O) groups excluding carboxylic acids is 1. The average Bonchev–Trinajstić information content (AvgIpc) is 3.00. The fraction of sp³-hybridized carbons (Fsp3) is 0.381. The Hall–Kier alpha value is -2.78. The zero-order chi connectivity index (χ0) is 21.6. The van der Waals surface area contributed by atoms with Gasteiger partial charge in [-0.3, -0.25) is 9.48 Å². The van der Waals surface area contributed by atoms with Crippen molar-refractivity contribution in [1.82, 2.24) is 24.0 Å². The highest BCUT2D eigenvalue weighted by Gasteiger charge is 2.31. The highest BCUT2D eigenvalue weighted by molar-refractivity contribution is 7.89. The first kappa shape index (κ1) is 20.5. The summed E-state index contributed by atoms with van der Waals surface area (Å²) in [4.78, 5) is 19.4. The number of aryl methyl sites for hydroxylation is 4. The number of aromatic nitrogens is 3. The van der Waals surface area contributed by atoms with Crippen LogP contribution in [0.1, 0.15) is 27.2 Å². The van der Waals surface area contributed by atoms with Crippen molar-refractivity contribution in [3.05, 3.63) is 52.8 Å². The van der Waals surface area contributed by atoms with Crippen LogP contribution in [0.25, 0.3) is 11.0 Å². The van der Waals surface area contributed by atoms with Crippen LogP contribution in [0.4, 0.5) is 0 Å². The van der Waals surface area contributed by atoms with E-state index >= 15 is 0 Å². The normalized spacial score (nSPS) is 15.7. The number of sulfonamides is 1. The van der Waals surface area contributed by atoms with Crippen molar-refractivity contribution in [2.45, 2.75) is 25.7 Å². The monoisotopic (exact) mass is 427 g/mol. The molecule has 0 atom stereocenters. The fourth-order valence-electron chi connectivity index (χ4n) is 3.97. The molecule has 0 aliphatic carbocycles. The second-order valence-corrected chi connectivity index (χ2v) is 9.68. The predicted molar refractivity (Wildman–Crippen MR) is 114 cm³/mol. The van der Waals surface area contributed by atoms with Gasteiger partial charge in [0.15, 0.2) is 5.65 Å². The van der Waals surface area contributed by atoms with Crippen LogP contribution in [0.15, 0.2) is 35.4 Å². The van der Waals surface area contributed by atoms with Gasteiger partial charge in [-0.05, 0) is 38.5 Å². The summed E-state index contributed by atoms with van der Waals surface area (Å²) >= 11 is 0. The Bertz CT molecular complexity index is 1240. The number of hydrogen-bond donors (Lipinski definition) is 0. The minimum Gasteiger partial charge on any atom is -0.336 e. The predicted octanol–water partition coefficient (Wildman–Crippen LogP) is 2.04. The topological polar surface area (TPSA) is 88.4 Å². The summed E-state index contributed by atoms with van der Waals surface area (Å²) in [5.74, 6) is -0.142. The maximum atomic E-state index is 13.1. The third kappa shape index (κ3) is 3.48. The second-order valence-electron chi connectivity index (χ2n) is 7.77. The number of pyridine rings is 1. The summed E-state index contributed by atoms with van der Waals surface area (Å²) in [5.41, 5.74) is 3.80. The summed E-state index contributed by atoms with van der Waals surface area (Å²) < 4.78 is 29.3. The van der Waals surface area contributed by atoms with Gasteiger partial charge in [0.1, 0.15) is 0 Å². The number of rotatable bonds is 3. The summed E-state index contributed by atoms with van der Waals surface area (Å²) in [5, 5.41) is 5.18. The molecule has 4 rings (SSSR count). The maximum absolute atomic E-state index is 13.1. The van der Waals surface area contributed by atoms with Crippen LogP contribution in [0.3, 0.4) is 0 Å². The summed E-state index contributed by atoms with van der Waals surface area (Å²) in [6, 6.07) is 7.15. The Balaban J connectivity index is 1.50. The van der Waals surface area contributed by atoms with Gasteiger partial charge >= 0.3 is 0 Å². The molecule has 9 heteroatoms. The number of benzene rings is 1. The van der Waals surface area contributed by atoms with E-state index in [0.717, 1.165) is 27.9 Å². The molecule has 8 nitrogen and oxygen atoms in total. The molecule has 30 heavy (non-hydrogen) atoms. The van der Waals surface area contributed by atoms with Gasteiger partial charge in [-0.15, -0.1) is 0 Å². The maximum Gasteiger partial charge on any atom is 0.255 e. The van der Waals surface area contributed by atoms with Crippen LogP contribution in [0.5, 0.6) is 0 Å². The molecule has 0 unspecified atom stereocenters. The van der Waals surface area contributed by atoms with Crippen LogP contribution in [-0.4, -0.2) is 64.5 Å². The largest absolute Gasteiger partial charge is 0.336 e. The van der Waals surface area contributed by atoms with Gasteiger partial charge in [-0.1, -0.05) is 17.7 Å². The molecule has 0 radical (unpaired) electrons. The average molecular weight is 428 g/mol. The van der Waals surface area contributed by atoms with Crippen molar-refractivity contribution < 1.29 is 13.2 Å². The van der Waals surface area contributed by atoms with Crippen molar-refractivity contribution in [2.24, 2.45) is 7.05 Å². The molecule has 1 saturated heterocycles. The number of carbonyl (C=O) groups is 1. The smallest absolute Gasteiger partial charge is 0.255 e. The number of nitrogens with zero attached hydrogens (tertiary/aromatic N) is 5. The van der Waals surface area contributed by atoms with E-state index in [4.69, 9.17) is 0 Å². The van der Waals surface area contributed by atoms with Crippen LogP contribution in [-0.2, 0) is 17.1 Å². The van der Waals surface area contributed by atoms with E-state index in [9.17, 15) is 13.2 Å². The van der Waals surface area contributed by atoms with Gasteiger partial charge in [0, 0.05) is 44.8 Å². The fourth-order valence-corrected chi connectivity index (χ4v) is 5.59. The molecule has 1 aliphatic rings. The molecule has 3 heterocycles. The van der Waals surface area contributed by atoms with Crippen molar-refractivity contribution in [3.8, 4) is 0 Å². The van der Waals surface area contributed by atoms with Crippen LogP contribution in [0.2, 0.25) is 0 Å². The molecule has 3 aromatic rings. The first-order valence-electron chi connectivity index (χ1n) is 9.84. The quantitative estimate of drug-likeness (QED) is 0.638.